The zero-order chi connectivity index (χ0) is 14.3. The third kappa shape index (κ3) is 6.19. The highest BCUT2D eigenvalue weighted by Crippen LogP contribution is 2.10. The predicted octanol–water partition coefficient (Wildman–Crippen LogP) is 1.75. The Labute approximate surface area is 116 Å². The Morgan fingerprint density at radius 1 is 1.47 bits per heavy atom. The van der Waals surface area contributed by atoms with Crippen molar-refractivity contribution in [3.8, 4) is 0 Å². The Bertz CT molecular complexity index is 434. The Hall–Kier alpha value is -1.63. The second-order valence-corrected chi connectivity index (χ2v) is 5.62. The molecule has 1 unspecified atom stereocenters. The zero-order valence-electron chi connectivity index (χ0n) is 11.1. The van der Waals surface area contributed by atoms with Crippen molar-refractivity contribution in [2.75, 3.05) is 6.54 Å². The van der Waals surface area contributed by atoms with E-state index in [2.05, 4.69) is 15.6 Å². The number of hydrogen-bond donors (Lipinski definition) is 3. The van der Waals surface area contributed by atoms with E-state index < -0.39 is 5.97 Å². The molecule has 0 aliphatic rings. The first-order chi connectivity index (χ1) is 9.01. The lowest BCUT2D eigenvalue weighted by Crippen LogP contribution is -2.38. The van der Waals surface area contributed by atoms with Gasteiger partial charge in [0.25, 0.3) is 0 Å². The largest absolute Gasteiger partial charge is 0.481 e. The summed E-state index contributed by atoms with van der Waals surface area (Å²) in [7, 11) is 0. The second kappa shape index (κ2) is 7.73. The van der Waals surface area contributed by atoms with Crippen LogP contribution in [0.15, 0.2) is 6.20 Å². The molecule has 7 heteroatoms. The summed E-state index contributed by atoms with van der Waals surface area (Å²) in [6, 6.07) is -0.295. The number of rotatable bonds is 7. The van der Waals surface area contributed by atoms with Crippen LogP contribution in [-0.2, 0) is 11.3 Å². The molecule has 3 N–H and O–H groups in total. The van der Waals surface area contributed by atoms with Crippen molar-refractivity contribution in [2.45, 2.75) is 33.2 Å². The molecule has 0 fully saturated rings. The minimum Gasteiger partial charge on any atom is -0.481 e. The molecular formula is C12H19N3O3S. The van der Waals surface area contributed by atoms with Crippen molar-refractivity contribution < 1.29 is 14.7 Å². The average molecular weight is 285 g/mol. The van der Waals surface area contributed by atoms with Crippen LogP contribution in [0.1, 0.15) is 29.7 Å². The molecule has 1 aromatic heterocycles. The monoisotopic (exact) mass is 285 g/mol. The van der Waals surface area contributed by atoms with Gasteiger partial charge in [0.2, 0.25) is 0 Å². The van der Waals surface area contributed by atoms with Crippen LogP contribution in [0.4, 0.5) is 4.79 Å². The lowest BCUT2D eigenvalue weighted by Gasteiger charge is -2.13. The summed E-state index contributed by atoms with van der Waals surface area (Å²) in [5.74, 6) is -0.877. The van der Waals surface area contributed by atoms with E-state index in [1.54, 1.807) is 6.20 Å². The van der Waals surface area contributed by atoms with Crippen LogP contribution < -0.4 is 10.6 Å². The van der Waals surface area contributed by atoms with Crippen LogP contribution in [0.3, 0.4) is 0 Å². The number of carboxylic acid groups (broad SMARTS) is 1. The number of nitrogens with zero attached hydrogens (tertiary/aromatic N) is 1. The Kier molecular flexibility index (Phi) is 6.27. The summed E-state index contributed by atoms with van der Waals surface area (Å²) in [5, 5.41) is 14.9. The smallest absolute Gasteiger partial charge is 0.315 e. The summed E-state index contributed by atoms with van der Waals surface area (Å²) >= 11 is 1.54. The Morgan fingerprint density at radius 3 is 2.74 bits per heavy atom. The Balaban J connectivity index is 2.25. The zero-order valence-corrected chi connectivity index (χ0v) is 11.9. The molecule has 106 valence electrons. The van der Waals surface area contributed by atoms with Crippen molar-refractivity contribution in [2.24, 2.45) is 5.92 Å². The summed E-state index contributed by atoms with van der Waals surface area (Å²) in [4.78, 5) is 27.4. The third-order valence-electron chi connectivity index (χ3n) is 2.66. The van der Waals surface area contributed by atoms with E-state index in [9.17, 15) is 9.59 Å². The summed E-state index contributed by atoms with van der Waals surface area (Å²) in [5.41, 5.74) is 0. The van der Waals surface area contributed by atoms with Gasteiger partial charge in [0, 0.05) is 24.0 Å². The molecule has 1 atom stereocenters. The third-order valence-corrected chi connectivity index (χ3v) is 3.57. The summed E-state index contributed by atoms with van der Waals surface area (Å²) in [6.45, 7) is 4.62. The van der Waals surface area contributed by atoms with Gasteiger partial charge in [-0.25, -0.2) is 9.78 Å². The fourth-order valence-corrected chi connectivity index (χ4v) is 2.27. The number of urea groups is 1. The van der Waals surface area contributed by atoms with E-state index in [4.69, 9.17) is 5.11 Å². The quantitative estimate of drug-likeness (QED) is 0.711. The first-order valence-electron chi connectivity index (χ1n) is 6.16. The van der Waals surface area contributed by atoms with E-state index >= 15 is 0 Å². The highest BCUT2D eigenvalue weighted by Gasteiger charge is 2.12. The van der Waals surface area contributed by atoms with Crippen LogP contribution in [0.5, 0.6) is 0 Å². The second-order valence-electron chi connectivity index (χ2n) is 4.30. The minimum absolute atomic E-state index is 0.0367. The molecule has 0 aliphatic carbocycles. The van der Waals surface area contributed by atoms with Crippen molar-refractivity contribution in [1.29, 1.82) is 0 Å². The number of hydrogen-bond acceptors (Lipinski definition) is 4. The lowest BCUT2D eigenvalue weighted by atomic mass is 10.0. The van der Waals surface area contributed by atoms with Crippen molar-refractivity contribution >= 4 is 23.3 Å². The number of carbonyl (C=O) groups excluding carboxylic acids is 1. The highest BCUT2D eigenvalue weighted by molar-refractivity contribution is 7.11. The molecule has 0 aliphatic heterocycles. The van der Waals surface area contributed by atoms with Gasteiger partial charge in [-0.1, -0.05) is 13.3 Å². The van der Waals surface area contributed by atoms with Crippen molar-refractivity contribution in [3.63, 3.8) is 0 Å². The van der Waals surface area contributed by atoms with Crippen LogP contribution in [0.25, 0.3) is 0 Å². The maximum Gasteiger partial charge on any atom is 0.315 e. The first-order valence-corrected chi connectivity index (χ1v) is 6.97. The topological polar surface area (TPSA) is 91.3 Å². The van der Waals surface area contributed by atoms with Gasteiger partial charge in [-0.15, -0.1) is 11.3 Å². The maximum atomic E-state index is 11.5. The molecule has 0 radical (unpaired) electrons. The number of thiazole rings is 1. The number of aliphatic carboxylic acids is 1. The van der Waals surface area contributed by atoms with Gasteiger partial charge < -0.3 is 15.7 Å². The lowest BCUT2D eigenvalue weighted by molar-refractivity contribution is -0.138. The Morgan fingerprint density at radius 2 is 2.21 bits per heavy atom. The van der Waals surface area contributed by atoms with Crippen LogP contribution in [0.2, 0.25) is 0 Å². The normalized spacial score (nSPS) is 11.9. The molecular weight excluding hydrogens is 266 g/mol. The van der Waals surface area contributed by atoms with E-state index in [1.807, 2.05) is 13.8 Å². The van der Waals surface area contributed by atoms with Gasteiger partial charge in [-0.05, 0) is 12.8 Å². The van der Waals surface area contributed by atoms with Crippen LogP contribution >= 0.6 is 11.3 Å². The predicted molar refractivity (Wildman–Crippen MR) is 73.1 cm³/mol. The van der Waals surface area contributed by atoms with E-state index in [-0.39, 0.29) is 18.4 Å². The average Bonchev–Trinajstić information content (AvgIpc) is 2.77. The van der Waals surface area contributed by atoms with E-state index in [1.165, 1.54) is 11.3 Å². The number of aryl methyl sites for hydroxylation is 1. The van der Waals surface area contributed by atoms with Gasteiger partial charge >= 0.3 is 12.0 Å². The minimum atomic E-state index is -0.840. The number of carbonyl (C=O) groups is 2. The number of amides is 2. The molecule has 2 amide bonds. The first kappa shape index (κ1) is 15.4. The van der Waals surface area contributed by atoms with Gasteiger partial charge in [0.15, 0.2) is 0 Å². The molecule has 1 rings (SSSR count). The molecule has 0 spiro atoms. The van der Waals surface area contributed by atoms with E-state index in [0.717, 1.165) is 16.3 Å². The molecule has 1 heterocycles. The SMILES string of the molecule is CCC(CNC(=O)NCc1ncc(C)s1)CC(=O)O. The van der Waals surface area contributed by atoms with Gasteiger partial charge in [0.05, 0.1) is 6.54 Å². The summed E-state index contributed by atoms with van der Waals surface area (Å²) in [6.07, 6.45) is 2.56. The summed E-state index contributed by atoms with van der Waals surface area (Å²) < 4.78 is 0. The van der Waals surface area contributed by atoms with Gasteiger partial charge in [-0.3, -0.25) is 4.79 Å². The van der Waals surface area contributed by atoms with Gasteiger partial charge in [0.1, 0.15) is 5.01 Å². The molecule has 0 saturated carbocycles. The molecule has 0 aromatic carbocycles. The maximum absolute atomic E-state index is 11.5. The molecule has 19 heavy (non-hydrogen) atoms. The number of nitrogens with one attached hydrogen (secondary N) is 2. The fourth-order valence-electron chi connectivity index (χ4n) is 1.55. The molecule has 1 aromatic rings. The number of carboxylic acids is 1. The molecule has 6 nitrogen and oxygen atoms in total. The van der Waals surface area contributed by atoms with Gasteiger partial charge in [-0.2, -0.15) is 0 Å². The van der Waals surface area contributed by atoms with E-state index in [0.29, 0.717) is 13.1 Å². The van der Waals surface area contributed by atoms with Crippen molar-refractivity contribution in [1.82, 2.24) is 15.6 Å². The van der Waals surface area contributed by atoms with Crippen molar-refractivity contribution in [3.05, 3.63) is 16.1 Å². The van der Waals surface area contributed by atoms with Crippen LogP contribution in [0, 0.1) is 12.8 Å². The molecule has 0 saturated heterocycles. The number of aromatic nitrogens is 1. The fraction of sp³-hybridized carbons (Fsp3) is 0.583. The standard InChI is InChI=1S/C12H19N3O3S/c1-3-9(4-11(16)17)6-14-12(18)15-7-10-13-5-8(2)19-10/h5,9H,3-4,6-7H2,1-2H3,(H,16,17)(H2,14,15,18). The van der Waals surface area contributed by atoms with Crippen LogP contribution in [-0.4, -0.2) is 28.6 Å². The molecule has 0 bridgehead atoms. The highest BCUT2D eigenvalue weighted by atomic mass is 32.1.